The molecule has 2 heteroatoms. The largest absolute Gasteiger partial charge is 0.303 e. The van der Waals surface area contributed by atoms with Crippen LogP contribution in [0.25, 0.3) is 0 Å². The molecule has 0 amide bonds. The van der Waals surface area contributed by atoms with Crippen molar-refractivity contribution < 1.29 is 0 Å². The van der Waals surface area contributed by atoms with Crippen molar-refractivity contribution in [1.82, 2.24) is 4.90 Å². The fourth-order valence-corrected chi connectivity index (χ4v) is 2.72. The SMILES string of the molecule is C[SiH](C)C=CCCCN1CCCCC1. The van der Waals surface area contributed by atoms with Crippen LogP contribution >= 0.6 is 0 Å². The Hall–Kier alpha value is -0.0831. The molecular formula is C12H25NSi. The van der Waals surface area contributed by atoms with Gasteiger partial charge < -0.3 is 4.90 Å². The van der Waals surface area contributed by atoms with Gasteiger partial charge in [0.25, 0.3) is 0 Å². The van der Waals surface area contributed by atoms with E-state index in [1.807, 2.05) is 0 Å². The van der Waals surface area contributed by atoms with E-state index in [1.165, 1.54) is 51.7 Å². The number of nitrogens with zero attached hydrogens (tertiary/aromatic N) is 1. The highest BCUT2D eigenvalue weighted by Crippen LogP contribution is 2.09. The molecule has 0 radical (unpaired) electrons. The first-order valence-electron chi connectivity index (χ1n) is 6.18. The van der Waals surface area contributed by atoms with Crippen LogP contribution in [0.5, 0.6) is 0 Å². The molecule has 1 rings (SSSR count). The zero-order chi connectivity index (χ0) is 10.2. The number of unbranched alkanes of at least 4 members (excludes halogenated alkanes) is 1. The topological polar surface area (TPSA) is 3.24 Å². The molecule has 1 aliphatic heterocycles. The van der Waals surface area contributed by atoms with Crippen molar-refractivity contribution in [2.24, 2.45) is 0 Å². The third-order valence-corrected chi connectivity index (χ3v) is 3.86. The molecule has 0 bridgehead atoms. The zero-order valence-corrected chi connectivity index (χ0v) is 11.0. The van der Waals surface area contributed by atoms with E-state index in [1.54, 1.807) is 0 Å². The molecule has 1 aliphatic rings. The molecule has 0 aliphatic carbocycles. The Morgan fingerprint density at radius 2 is 1.86 bits per heavy atom. The monoisotopic (exact) mass is 211 g/mol. The maximum atomic E-state index is 2.63. The molecule has 14 heavy (non-hydrogen) atoms. The highest BCUT2D eigenvalue weighted by atomic mass is 28.3. The molecule has 0 unspecified atom stereocenters. The van der Waals surface area contributed by atoms with Crippen LogP contribution in [0.3, 0.4) is 0 Å². The van der Waals surface area contributed by atoms with E-state index >= 15 is 0 Å². The molecule has 0 spiro atoms. The number of hydrogen-bond donors (Lipinski definition) is 0. The molecule has 0 atom stereocenters. The molecule has 1 nitrogen and oxygen atoms in total. The van der Waals surface area contributed by atoms with Gasteiger partial charge in [0.1, 0.15) is 0 Å². The average molecular weight is 211 g/mol. The van der Waals surface area contributed by atoms with Crippen LogP contribution in [0.4, 0.5) is 0 Å². The summed E-state index contributed by atoms with van der Waals surface area (Å²) in [6.45, 7) is 8.78. The molecule has 1 fully saturated rings. The van der Waals surface area contributed by atoms with Crippen LogP contribution in [0.2, 0.25) is 13.1 Å². The molecule has 1 saturated heterocycles. The van der Waals surface area contributed by atoms with Crippen LogP contribution in [0.15, 0.2) is 11.8 Å². The number of likely N-dealkylation sites (tertiary alicyclic amines) is 1. The van der Waals surface area contributed by atoms with Gasteiger partial charge >= 0.3 is 0 Å². The lowest BCUT2D eigenvalue weighted by molar-refractivity contribution is 0.227. The normalized spacial score (nSPS) is 19.6. The third-order valence-electron chi connectivity index (χ3n) is 2.81. The highest BCUT2D eigenvalue weighted by Gasteiger charge is 2.08. The lowest BCUT2D eigenvalue weighted by atomic mass is 10.1. The summed E-state index contributed by atoms with van der Waals surface area (Å²) >= 11 is 0. The maximum absolute atomic E-state index is 2.63. The summed E-state index contributed by atoms with van der Waals surface area (Å²) in [5.41, 5.74) is 2.45. The minimum Gasteiger partial charge on any atom is -0.303 e. The minimum atomic E-state index is -0.441. The van der Waals surface area contributed by atoms with Gasteiger partial charge in [0.05, 0.1) is 8.80 Å². The van der Waals surface area contributed by atoms with Gasteiger partial charge in [-0.1, -0.05) is 25.6 Å². The minimum absolute atomic E-state index is 0.441. The van der Waals surface area contributed by atoms with Crippen molar-refractivity contribution in [1.29, 1.82) is 0 Å². The summed E-state index contributed by atoms with van der Waals surface area (Å²) in [6, 6.07) is 0. The second-order valence-corrected chi connectivity index (χ2v) is 7.59. The van der Waals surface area contributed by atoms with E-state index in [2.05, 4.69) is 29.8 Å². The van der Waals surface area contributed by atoms with Crippen molar-refractivity contribution in [3.8, 4) is 0 Å². The summed E-state index contributed by atoms with van der Waals surface area (Å²) in [6.07, 6.45) is 9.36. The van der Waals surface area contributed by atoms with Gasteiger partial charge in [-0.3, -0.25) is 0 Å². The lowest BCUT2D eigenvalue weighted by Crippen LogP contribution is -2.30. The van der Waals surface area contributed by atoms with E-state index in [-0.39, 0.29) is 0 Å². The van der Waals surface area contributed by atoms with Crippen LogP contribution in [0, 0.1) is 0 Å². The van der Waals surface area contributed by atoms with Crippen molar-refractivity contribution in [3.05, 3.63) is 11.8 Å². The molecule has 0 aromatic rings. The van der Waals surface area contributed by atoms with E-state index < -0.39 is 8.80 Å². The van der Waals surface area contributed by atoms with Gasteiger partial charge in [-0.25, -0.2) is 0 Å². The van der Waals surface area contributed by atoms with E-state index in [4.69, 9.17) is 0 Å². The average Bonchev–Trinajstić information content (AvgIpc) is 2.18. The van der Waals surface area contributed by atoms with Gasteiger partial charge in [-0.2, -0.15) is 0 Å². The molecule has 0 saturated carbocycles. The zero-order valence-electron chi connectivity index (χ0n) is 9.84. The highest BCUT2D eigenvalue weighted by molar-refractivity contribution is 6.61. The Kier molecular flexibility index (Phi) is 6.20. The van der Waals surface area contributed by atoms with Crippen LogP contribution in [-0.2, 0) is 0 Å². The van der Waals surface area contributed by atoms with Crippen LogP contribution in [-0.4, -0.2) is 33.3 Å². The first kappa shape index (κ1) is 12.0. The molecular weight excluding hydrogens is 186 g/mol. The summed E-state index contributed by atoms with van der Waals surface area (Å²) in [5, 5.41) is 0. The molecule has 1 heterocycles. The Balaban J connectivity index is 1.97. The Bertz CT molecular complexity index is 160. The standard InChI is InChI=1S/C12H25NSi/c1-14(2)12-8-4-7-11-13-9-5-3-6-10-13/h8,12,14H,3-7,9-11H2,1-2H3. The molecule has 0 aromatic heterocycles. The third kappa shape index (κ3) is 5.61. The summed E-state index contributed by atoms with van der Waals surface area (Å²) in [5.74, 6) is 0. The predicted molar refractivity (Wildman–Crippen MR) is 67.5 cm³/mol. The smallest absolute Gasteiger partial charge is 0.0549 e. The van der Waals surface area contributed by atoms with E-state index in [9.17, 15) is 0 Å². The maximum Gasteiger partial charge on any atom is 0.0549 e. The Morgan fingerprint density at radius 3 is 2.50 bits per heavy atom. The van der Waals surface area contributed by atoms with Crippen LogP contribution < -0.4 is 0 Å². The van der Waals surface area contributed by atoms with Gasteiger partial charge in [0.2, 0.25) is 0 Å². The lowest BCUT2D eigenvalue weighted by Gasteiger charge is -2.25. The predicted octanol–water partition coefficient (Wildman–Crippen LogP) is 2.83. The van der Waals surface area contributed by atoms with Crippen LogP contribution in [0.1, 0.15) is 32.1 Å². The molecule has 0 aromatic carbocycles. The van der Waals surface area contributed by atoms with Crippen molar-refractivity contribution >= 4 is 8.80 Å². The second kappa shape index (κ2) is 7.24. The van der Waals surface area contributed by atoms with Gasteiger partial charge in [-0.05, 0) is 45.3 Å². The number of rotatable bonds is 5. The van der Waals surface area contributed by atoms with Gasteiger partial charge in [0.15, 0.2) is 0 Å². The first-order chi connectivity index (χ1) is 6.79. The Labute approximate surface area is 90.8 Å². The number of hydrogen-bond acceptors (Lipinski definition) is 1. The molecule has 0 N–H and O–H groups in total. The fourth-order valence-electron chi connectivity index (χ4n) is 1.98. The summed E-state index contributed by atoms with van der Waals surface area (Å²) in [7, 11) is -0.441. The second-order valence-electron chi connectivity index (χ2n) is 4.72. The van der Waals surface area contributed by atoms with E-state index in [0.29, 0.717) is 0 Å². The summed E-state index contributed by atoms with van der Waals surface area (Å²) in [4.78, 5) is 2.63. The van der Waals surface area contributed by atoms with Crippen molar-refractivity contribution in [3.63, 3.8) is 0 Å². The quantitative estimate of drug-likeness (QED) is 0.499. The summed E-state index contributed by atoms with van der Waals surface area (Å²) < 4.78 is 0. The van der Waals surface area contributed by atoms with Crippen molar-refractivity contribution in [2.75, 3.05) is 19.6 Å². The van der Waals surface area contributed by atoms with E-state index in [0.717, 1.165) is 0 Å². The number of piperidine rings is 1. The molecule has 82 valence electrons. The Morgan fingerprint density at radius 1 is 1.14 bits per heavy atom. The number of allylic oxidation sites excluding steroid dienone is 1. The van der Waals surface area contributed by atoms with Crippen molar-refractivity contribution in [2.45, 2.75) is 45.2 Å². The fraction of sp³-hybridized carbons (Fsp3) is 0.833. The van der Waals surface area contributed by atoms with Gasteiger partial charge in [0, 0.05) is 0 Å². The first-order valence-corrected chi connectivity index (χ1v) is 9.15. The van der Waals surface area contributed by atoms with Gasteiger partial charge in [-0.15, -0.1) is 5.70 Å².